The Morgan fingerprint density at radius 3 is 2.73 bits per heavy atom. The number of rotatable bonds is 5. The number of nitrogens with one attached hydrogen (secondary N) is 1. The molecule has 1 aromatic heterocycles. The molecule has 0 amide bonds. The predicted octanol–water partition coefficient (Wildman–Crippen LogP) is 1.78. The normalized spacial score (nSPS) is 14.7. The van der Waals surface area contributed by atoms with Crippen molar-refractivity contribution < 1.29 is 5.11 Å². The van der Waals surface area contributed by atoms with Crippen LogP contribution in [0.15, 0.2) is 12.4 Å². The van der Waals surface area contributed by atoms with E-state index in [0.717, 1.165) is 17.9 Å². The summed E-state index contributed by atoms with van der Waals surface area (Å²) >= 11 is 0. The van der Waals surface area contributed by atoms with Crippen LogP contribution in [0.25, 0.3) is 0 Å². The van der Waals surface area contributed by atoms with Gasteiger partial charge in [0.1, 0.15) is 12.1 Å². The molecule has 0 saturated carbocycles. The van der Waals surface area contributed by atoms with E-state index in [-0.39, 0.29) is 6.10 Å². The lowest BCUT2D eigenvalue weighted by Crippen LogP contribution is -2.16. The van der Waals surface area contributed by atoms with E-state index in [1.54, 1.807) is 13.3 Å². The molecule has 2 atom stereocenters. The van der Waals surface area contributed by atoms with Crippen molar-refractivity contribution in [3.63, 3.8) is 0 Å². The van der Waals surface area contributed by atoms with Crippen molar-refractivity contribution in [1.82, 2.24) is 9.97 Å². The van der Waals surface area contributed by atoms with E-state index in [4.69, 9.17) is 5.11 Å². The summed E-state index contributed by atoms with van der Waals surface area (Å²) in [6.45, 7) is 6.52. The van der Waals surface area contributed by atoms with Crippen LogP contribution in [-0.2, 0) is 0 Å². The molecule has 0 spiro atoms. The maximum Gasteiger partial charge on any atom is 0.129 e. The zero-order valence-electron chi connectivity index (χ0n) is 9.57. The average Bonchev–Trinajstić information content (AvgIpc) is 2.25. The molecule has 0 aliphatic heterocycles. The Bertz CT molecular complexity index is 302. The monoisotopic (exact) mass is 209 g/mol. The van der Waals surface area contributed by atoms with Crippen LogP contribution >= 0.6 is 0 Å². The summed E-state index contributed by atoms with van der Waals surface area (Å²) in [5.74, 6) is 1.22. The zero-order valence-corrected chi connectivity index (χ0v) is 9.57. The van der Waals surface area contributed by atoms with Gasteiger partial charge in [-0.2, -0.15) is 0 Å². The first-order valence-electron chi connectivity index (χ1n) is 5.37. The minimum atomic E-state index is -0.369. The topological polar surface area (TPSA) is 58.0 Å². The van der Waals surface area contributed by atoms with Crippen molar-refractivity contribution in [1.29, 1.82) is 0 Å². The lowest BCUT2D eigenvalue weighted by molar-refractivity contribution is 0.208. The number of aliphatic hydroxyl groups is 1. The molecular weight excluding hydrogens is 190 g/mol. The Hall–Kier alpha value is -1.16. The van der Waals surface area contributed by atoms with Gasteiger partial charge in [0.05, 0.1) is 6.10 Å². The molecule has 0 bridgehead atoms. The number of hydrogen-bond donors (Lipinski definition) is 2. The van der Waals surface area contributed by atoms with Gasteiger partial charge in [-0.1, -0.05) is 13.8 Å². The summed E-state index contributed by atoms with van der Waals surface area (Å²) in [4.78, 5) is 8.32. The lowest BCUT2D eigenvalue weighted by atomic mass is 10.1. The van der Waals surface area contributed by atoms with Gasteiger partial charge < -0.3 is 10.4 Å². The molecule has 0 radical (unpaired) electrons. The van der Waals surface area contributed by atoms with E-state index >= 15 is 0 Å². The standard InChI is InChI=1S/C11H19N3O/c1-4-8(2)10-5-11(14-7-13-10)12-6-9(3)15/h5,7-9,15H,4,6H2,1-3H3,(H,12,13,14). The third-order valence-electron chi connectivity index (χ3n) is 2.38. The number of aliphatic hydroxyl groups excluding tert-OH is 1. The number of nitrogens with zero attached hydrogens (tertiary/aromatic N) is 2. The first-order valence-corrected chi connectivity index (χ1v) is 5.37. The maximum absolute atomic E-state index is 9.13. The van der Waals surface area contributed by atoms with Crippen molar-refractivity contribution >= 4 is 5.82 Å². The highest BCUT2D eigenvalue weighted by Crippen LogP contribution is 2.17. The molecule has 4 heteroatoms. The minimum Gasteiger partial charge on any atom is -0.392 e. The van der Waals surface area contributed by atoms with Crippen LogP contribution < -0.4 is 5.32 Å². The van der Waals surface area contributed by atoms with Crippen LogP contribution in [-0.4, -0.2) is 27.7 Å². The first kappa shape index (κ1) is 11.9. The fourth-order valence-electron chi connectivity index (χ4n) is 1.20. The van der Waals surface area contributed by atoms with Crippen molar-refractivity contribution in [2.45, 2.75) is 39.2 Å². The highest BCUT2D eigenvalue weighted by Gasteiger charge is 2.06. The molecule has 0 aromatic carbocycles. The van der Waals surface area contributed by atoms with E-state index in [2.05, 4.69) is 29.1 Å². The molecule has 2 N–H and O–H groups in total. The van der Waals surface area contributed by atoms with Gasteiger partial charge >= 0.3 is 0 Å². The summed E-state index contributed by atoms with van der Waals surface area (Å²) in [5, 5.41) is 12.2. The van der Waals surface area contributed by atoms with Crippen LogP contribution in [0.1, 0.15) is 38.8 Å². The van der Waals surface area contributed by atoms with Crippen LogP contribution in [0, 0.1) is 0 Å². The molecule has 0 aliphatic rings. The van der Waals surface area contributed by atoms with Crippen molar-refractivity contribution in [3.8, 4) is 0 Å². The lowest BCUT2D eigenvalue weighted by Gasteiger charge is -2.11. The molecule has 2 unspecified atom stereocenters. The van der Waals surface area contributed by atoms with Gasteiger partial charge in [-0.3, -0.25) is 0 Å². The van der Waals surface area contributed by atoms with Crippen LogP contribution in [0.3, 0.4) is 0 Å². The summed E-state index contributed by atoms with van der Waals surface area (Å²) < 4.78 is 0. The van der Waals surface area contributed by atoms with Gasteiger partial charge in [0.2, 0.25) is 0 Å². The highest BCUT2D eigenvalue weighted by molar-refractivity contribution is 5.35. The van der Waals surface area contributed by atoms with Gasteiger partial charge in [0.15, 0.2) is 0 Å². The van der Waals surface area contributed by atoms with Gasteiger partial charge in [0, 0.05) is 18.3 Å². The number of hydrogen-bond acceptors (Lipinski definition) is 4. The molecule has 4 nitrogen and oxygen atoms in total. The van der Waals surface area contributed by atoms with E-state index in [1.165, 1.54) is 0 Å². The molecule has 84 valence electrons. The molecule has 1 rings (SSSR count). The third-order valence-corrected chi connectivity index (χ3v) is 2.38. The molecule has 15 heavy (non-hydrogen) atoms. The van der Waals surface area contributed by atoms with Gasteiger partial charge in [-0.15, -0.1) is 0 Å². The predicted molar refractivity (Wildman–Crippen MR) is 60.9 cm³/mol. The van der Waals surface area contributed by atoms with Gasteiger partial charge in [0.25, 0.3) is 0 Å². The summed E-state index contributed by atoms with van der Waals surface area (Å²) in [6, 6.07) is 1.94. The fraction of sp³-hybridized carbons (Fsp3) is 0.636. The van der Waals surface area contributed by atoms with E-state index in [0.29, 0.717) is 12.5 Å². The Morgan fingerprint density at radius 2 is 2.13 bits per heavy atom. The Morgan fingerprint density at radius 1 is 1.40 bits per heavy atom. The molecule has 0 aliphatic carbocycles. The Balaban J connectivity index is 2.65. The first-order chi connectivity index (χ1) is 7.13. The van der Waals surface area contributed by atoms with E-state index in [9.17, 15) is 0 Å². The Labute approximate surface area is 90.8 Å². The zero-order chi connectivity index (χ0) is 11.3. The van der Waals surface area contributed by atoms with Crippen LogP contribution in [0.2, 0.25) is 0 Å². The number of aromatic nitrogens is 2. The Kier molecular flexibility index (Phi) is 4.49. The molecular formula is C11H19N3O. The largest absolute Gasteiger partial charge is 0.392 e. The van der Waals surface area contributed by atoms with Crippen LogP contribution in [0.5, 0.6) is 0 Å². The maximum atomic E-state index is 9.13. The fourth-order valence-corrected chi connectivity index (χ4v) is 1.20. The summed E-state index contributed by atoms with van der Waals surface area (Å²) in [5.41, 5.74) is 1.04. The number of anilines is 1. The molecule has 1 heterocycles. The summed E-state index contributed by atoms with van der Waals surface area (Å²) in [7, 11) is 0. The van der Waals surface area contributed by atoms with Crippen molar-refractivity contribution in [2.75, 3.05) is 11.9 Å². The van der Waals surface area contributed by atoms with Gasteiger partial charge in [-0.05, 0) is 19.3 Å². The second-order valence-corrected chi connectivity index (χ2v) is 3.87. The smallest absolute Gasteiger partial charge is 0.129 e. The molecule has 0 saturated heterocycles. The average molecular weight is 209 g/mol. The van der Waals surface area contributed by atoms with Crippen molar-refractivity contribution in [2.24, 2.45) is 0 Å². The SMILES string of the molecule is CCC(C)c1cc(NCC(C)O)ncn1. The van der Waals surface area contributed by atoms with Crippen LogP contribution in [0.4, 0.5) is 5.82 Å². The third kappa shape index (κ3) is 3.83. The molecule has 0 fully saturated rings. The van der Waals surface area contributed by atoms with E-state index in [1.807, 2.05) is 6.07 Å². The van der Waals surface area contributed by atoms with E-state index < -0.39 is 0 Å². The second-order valence-electron chi connectivity index (χ2n) is 3.87. The van der Waals surface area contributed by atoms with Crippen molar-refractivity contribution in [3.05, 3.63) is 18.1 Å². The molecule has 1 aromatic rings. The second kappa shape index (κ2) is 5.66. The quantitative estimate of drug-likeness (QED) is 0.776. The van der Waals surface area contributed by atoms with Gasteiger partial charge in [-0.25, -0.2) is 9.97 Å². The minimum absolute atomic E-state index is 0.369. The summed E-state index contributed by atoms with van der Waals surface area (Å²) in [6.07, 6.45) is 2.26. The highest BCUT2D eigenvalue weighted by atomic mass is 16.3.